The van der Waals surface area contributed by atoms with Gasteiger partial charge in [-0.1, -0.05) is 36.4 Å². The van der Waals surface area contributed by atoms with E-state index in [0.717, 1.165) is 23.1 Å². The predicted molar refractivity (Wildman–Crippen MR) is 86.7 cm³/mol. The summed E-state index contributed by atoms with van der Waals surface area (Å²) in [5, 5.41) is 9.93. The van der Waals surface area contributed by atoms with Gasteiger partial charge in [-0.2, -0.15) is 0 Å². The van der Waals surface area contributed by atoms with Crippen LogP contribution in [0.3, 0.4) is 0 Å². The van der Waals surface area contributed by atoms with Crippen molar-refractivity contribution in [1.29, 1.82) is 0 Å². The first-order valence-corrected chi connectivity index (χ1v) is 7.79. The molecular formula is C20H18O2. The first-order chi connectivity index (χ1) is 10.7. The number of aromatic hydroxyl groups is 1. The standard InChI is InChI=1S/C20H18O2/c1-12-18(22)10-9-16-19(12)15-8-7-14(21)11-17(15)20(16)13-5-3-2-4-6-13/h2-8,11,16,20-21H,9-10H2,1H3/t16-,20+/m1/s1. The molecule has 1 N–H and O–H groups in total. The fraction of sp³-hybridized carbons (Fsp3) is 0.250. The molecule has 0 saturated carbocycles. The molecule has 22 heavy (non-hydrogen) atoms. The molecule has 2 aliphatic rings. The highest BCUT2D eigenvalue weighted by Gasteiger charge is 2.41. The van der Waals surface area contributed by atoms with Crippen molar-refractivity contribution in [2.45, 2.75) is 25.7 Å². The lowest BCUT2D eigenvalue weighted by atomic mass is 9.76. The van der Waals surface area contributed by atoms with E-state index in [-0.39, 0.29) is 11.7 Å². The maximum Gasteiger partial charge on any atom is 0.158 e. The number of ketones is 1. The number of benzene rings is 2. The quantitative estimate of drug-likeness (QED) is 0.850. The lowest BCUT2D eigenvalue weighted by Crippen LogP contribution is -2.18. The minimum Gasteiger partial charge on any atom is -0.508 e. The number of carbonyl (C=O) groups is 1. The monoisotopic (exact) mass is 290 g/mol. The molecule has 110 valence electrons. The van der Waals surface area contributed by atoms with Gasteiger partial charge < -0.3 is 5.11 Å². The van der Waals surface area contributed by atoms with Gasteiger partial charge in [0.15, 0.2) is 5.78 Å². The molecule has 0 amide bonds. The summed E-state index contributed by atoms with van der Waals surface area (Å²) in [5.41, 5.74) is 5.65. The summed E-state index contributed by atoms with van der Waals surface area (Å²) in [7, 11) is 0. The number of hydrogen-bond acceptors (Lipinski definition) is 2. The van der Waals surface area contributed by atoms with Crippen LogP contribution in [0.5, 0.6) is 5.75 Å². The van der Waals surface area contributed by atoms with E-state index < -0.39 is 0 Å². The second-order valence-corrected chi connectivity index (χ2v) is 6.27. The molecule has 2 nitrogen and oxygen atoms in total. The van der Waals surface area contributed by atoms with Gasteiger partial charge in [0.25, 0.3) is 0 Å². The van der Waals surface area contributed by atoms with E-state index in [4.69, 9.17) is 0 Å². The van der Waals surface area contributed by atoms with Crippen LogP contribution in [0.1, 0.15) is 42.4 Å². The third-order valence-corrected chi connectivity index (χ3v) is 5.10. The molecule has 0 aliphatic heterocycles. The van der Waals surface area contributed by atoms with Gasteiger partial charge in [0.2, 0.25) is 0 Å². The highest BCUT2D eigenvalue weighted by Crippen LogP contribution is 2.54. The maximum absolute atomic E-state index is 12.1. The molecule has 2 atom stereocenters. The lowest BCUT2D eigenvalue weighted by Gasteiger charge is -2.26. The number of carbonyl (C=O) groups excluding carboxylic acids is 1. The second kappa shape index (κ2) is 4.84. The SMILES string of the molecule is CC1=C2c3ccc(O)cc3[C@@H](c3ccccc3)[C@@H]2CCC1=O. The largest absolute Gasteiger partial charge is 0.508 e. The Hall–Kier alpha value is -2.35. The van der Waals surface area contributed by atoms with E-state index in [0.29, 0.717) is 18.1 Å². The van der Waals surface area contributed by atoms with Crippen molar-refractivity contribution in [2.75, 3.05) is 0 Å². The molecular weight excluding hydrogens is 272 g/mol. The van der Waals surface area contributed by atoms with Crippen molar-refractivity contribution < 1.29 is 9.90 Å². The Labute approximate surface area is 130 Å². The molecule has 0 unspecified atom stereocenters. The lowest BCUT2D eigenvalue weighted by molar-refractivity contribution is -0.116. The van der Waals surface area contributed by atoms with Gasteiger partial charge in [-0.3, -0.25) is 4.79 Å². The Balaban J connectivity index is 1.98. The van der Waals surface area contributed by atoms with Crippen LogP contribution in [0, 0.1) is 5.92 Å². The van der Waals surface area contributed by atoms with E-state index in [9.17, 15) is 9.90 Å². The molecule has 2 aliphatic carbocycles. The number of rotatable bonds is 1. The van der Waals surface area contributed by atoms with Crippen LogP contribution in [0.15, 0.2) is 54.1 Å². The van der Waals surface area contributed by atoms with Gasteiger partial charge in [-0.05, 0) is 59.2 Å². The van der Waals surface area contributed by atoms with Gasteiger partial charge in [0.05, 0.1) is 0 Å². The number of phenols is 1. The summed E-state index contributed by atoms with van der Waals surface area (Å²) in [6, 6.07) is 16.0. The van der Waals surface area contributed by atoms with Crippen molar-refractivity contribution in [3.05, 3.63) is 70.8 Å². The van der Waals surface area contributed by atoms with Gasteiger partial charge in [0.1, 0.15) is 5.75 Å². The molecule has 0 spiro atoms. The molecule has 0 bridgehead atoms. The van der Waals surface area contributed by atoms with Crippen LogP contribution in [-0.2, 0) is 4.79 Å². The Kier molecular flexibility index (Phi) is 2.93. The zero-order valence-electron chi connectivity index (χ0n) is 12.5. The molecule has 0 radical (unpaired) electrons. The van der Waals surface area contributed by atoms with Crippen molar-refractivity contribution in [2.24, 2.45) is 5.92 Å². The summed E-state index contributed by atoms with van der Waals surface area (Å²) in [6.07, 6.45) is 1.52. The van der Waals surface area contributed by atoms with Gasteiger partial charge in [0, 0.05) is 12.3 Å². The second-order valence-electron chi connectivity index (χ2n) is 6.27. The number of Topliss-reactive ketones (excluding diaryl/α,β-unsaturated/α-hetero) is 1. The smallest absolute Gasteiger partial charge is 0.158 e. The number of hydrogen-bond donors (Lipinski definition) is 1. The Morgan fingerprint density at radius 2 is 1.86 bits per heavy atom. The fourth-order valence-electron chi connectivity index (χ4n) is 4.12. The highest BCUT2D eigenvalue weighted by atomic mass is 16.3. The van der Waals surface area contributed by atoms with Gasteiger partial charge in [-0.15, -0.1) is 0 Å². The summed E-state index contributed by atoms with van der Waals surface area (Å²) in [6.45, 7) is 1.95. The number of phenolic OH excluding ortho intramolecular Hbond substituents is 1. The average Bonchev–Trinajstić information content (AvgIpc) is 2.85. The van der Waals surface area contributed by atoms with E-state index in [1.807, 2.05) is 25.1 Å². The zero-order valence-corrected chi connectivity index (χ0v) is 12.5. The first kappa shape index (κ1) is 13.3. The molecule has 0 heterocycles. The van der Waals surface area contributed by atoms with E-state index in [1.165, 1.54) is 11.1 Å². The van der Waals surface area contributed by atoms with Crippen LogP contribution in [0.2, 0.25) is 0 Å². The molecule has 0 fully saturated rings. The van der Waals surface area contributed by atoms with Crippen LogP contribution in [-0.4, -0.2) is 10.9 Å². The van der Waals surface area contributed by atoms with Crippen LogP contribution >= 0.6 is 0 Å². The Morgan fingerprint density at radius 3 is 2.64 bits per heavy atom. The summed E-state index contributed by atoms with van der Waals surface area (Å²) < 4.78 is 0. The Bertz CT molecular complexity index is 787. The minimum absolute atomic E-state index is 0.237. The summed E-state index contributed by atoms with van der Waals surface area (Å²) >= 11 is 0. The molecule has 0 aromatic heterocycles. The minimum atomic E-state index is 0.237. The van der Waals surface area contributed by atoms with E-state index in [2.05, 4.69) is 24.3 Å². The third-order valence-electron chi connectivity index (χ3n) is 5.10. The Morgan fingerprint density at radius 1 is 1.09 bits per heavy atom. The topological polar surface area (TPSA) is 37.3 Å². The summed E-state index contributed by atoms with van der Waals surface area (Å²) in [4.78, 5) is 12.1. The average molecular weight is 290 g/mol. The third kappa shape index (κ3) is 1.83. The molecule has 2 aromatic carbocycles. The van der Waals surface area contributed by atoms with Crippen molar-refractivity contribution in [3.63, 3.8) is 0 Å². The normalized spacial score (nSPS) is 23.4. The zero-order chi connectivity index (χ0) is 15.3. The maximum atomic E-state index is 12.1. The van der Waals surface area contributed by atoms with Gasteiger partial charge >= 0.3 is 0 Å². The van der Waals surface area contributed by atoms with Gasteiger partial charge in [-0.25, -0.2) is 0 Å². The molecule has 2 heteroatoms. The summed E-state index contributed by atoms with van der Waals surface area (Å²) in [5.74, 6) is 1.14. The van der Waals surface area contributed by atoms with Crippen molar-refractivity contribution in [1.82, 2.24) is 0 Å². The van der Waals surface area contributed by atoms with Crippen molar-refractivity contribution >= 4 is 11.4 Å². The van der Waals surface area contributed by atoms with Crippen LogP contribution in [0.25, 0.3) is 5.57 Å². The predicted octanol–water partition coefficient (Wildman–Crippen LogP) is 4.29. The fourth-order valence-corrected chi connectivity index (χ4v) is 4.12. The number of allylic oxidation sites excluding steroid dienone is 2. The first-order valence-electron chi connectivity index (χ1n) is 7.79. The van der Waals surface area contributed by atoms with Crippen LogP contribution in [0.4, 0.5) is 0 Å². The molecule has 2 aromatic rings. The van der Waals surface area contributed by atoms with E-state index in [1.54, 1.807) is 6.07 Å². The number of fused-ring (bicyclic) bond motifs is 3. The van der Waals surface area contributed by atoms with Crippen LogP contribution < -0.4 is 0 Å². The van der Waals surface area contributed by atoms with Crippen molar-refractivity contribution in [3.8, 4) is 5.75 Å². The molecule has 0 saturated heterocycles. The van der Waals surface area contributed by atoms with E-state index >= 15 is 0 Å². The highest BCUT2D eigenvalue weighted by molar-refractivity contribution is 6.05. The molecule has 4 rings (SSSR count).